The zero-order valence-electron chi connectivity index (χ0n) is 12.4. The molecule has 0 N–H and O–H groups in total. The second-order valence-electron chi connectivity index (χ2n) is 4.73. The minimum atomic E-state index is -4.59. The van der Waals surface area contributed by atoms with E-state index in [2.05, 4.69) is 0 Å². The Morgan fingerprint density at radius 3 is 2.52 bits per heavy atom. The van der Waals surface area contributed by atoms with Gasteiger partial charge in [-0.1, -0.05) is 18.2 Å². The molecule has 0 saturated carbocycles. The molecule has 0 aliphatic carbocycles. The van der Waals surface area contributed by atoms with Crippen LogP contribution in [0.1, 0.15) is 16.7 Å². The summed E-state index contributed by atoms with van der Waals surface area (Å²) in [5.74, 6) is 0.776. The van der Waals surface area contributed by atoms with Crippen molar-refractivity contribution in [2.45, 2.75) is 12.6 Å². The Balaban J connectivity index is 2.08. The number of hydrogen-bond donors (Lipinski definition) is 0. The lowest BCUT2D eigenvalue weighted by atomic mass is 10.1. The first-order chi connectivity index (χ1) is 11.0. The number of benzene rings is 2. The van der Waals surface area contributed by atoms with Gasteiger partial charge in [0.2, 0.25) is 0 Å². The van der Waals surface area contributed by atoms with Gasteiger partial charge >= 0.3 is 6.18 Å². The van der Waals surface area contributed by atoms with Crippen LogP contribution in [0.3, 0.4) is 0 Å². The summed E-state index contributed by atoms with van der Waals surface area (Å²) in [5.41, 5.74) is -0.510. The third-order valence-electron chi connectivity index (χ3n) is 3.25. The average molecular weight is 321 g/mol. The summed E-state index contributed by atoms with van der Waals surface area (Å²) >= 11 is 0. The van der Waals surface area contributed by atoms with E-state index in [1.165, 1.54) is 12.1 Å². The quantitative estimate of drug-likeness (QED) is 0.828. The van der Waals surface area contributed by atoms with E-state index in [1.807, 2.05) is 18.2 Å². The normalized spacial score (nSPS) is 10.9. The lowest BCUT2D eigenvalue weighted by Crippen LogP contribution is -2.09. The maximum Gasteiger partial charge on any atom is 0.417 e. The summed E-state index contributed by atoms with van der Waals surface area (Å²) < 4.78 is 49.2. The van der Waals surface area contributed by atoms with Gasteiger partial charge in [0.25, 0.3) is 0 Å². The van der Waals surface area contributed by atoms with Gasteiger partial charge in [-0.2, -0.15) is 18.4 Å². The van der Waals surface area contributed by atoms with Crippen LogP contribution < -0.4 is 9.47 Å². The van der Waals surface area contributed by atoms with Crippen molar-refractivity contribution in [3.05, 3.63) is 59.2 Å². The molecule has 0 unspecified atom stereocenters. The van der Waals surface area contributed by atoms with Gasteiger partial charge in [0, 0.05) is 6.42 Å². The first-order valence-corrected chi connectivity index (χ1v) is 6.81. The van der Waals surface area contributed by atoms with E-state index in [4.69, 9.17) is 14.7 Å². The molecule has 2 rings (SSSR count). The number of methoxy groups -OCH3 is 1. The summed E-state index contributed by atoms with van der Waals surface area (Å²) in [6, 6.07) is 12.2. The summed E-state index contributed by atoms with van der Waals surface area (Å²) in [7, 11) is 1.55. The Labute approximate surface area is 131 Å². The fourth-order valence-electron chi connectivity index (χ4n) is 2.13. The topological polar surface area (TPSA) is 42.2 Å². The number of alkyl halides is 3. The van der Waals surface area contributed by atoms with E-state index in [0.29, 0.717) is 12.2 Å². The van der Waals surface area contributed by atoms with Gasteiger partial charge in [-0.05, 0) is 29.8 Å². The molecule has 6 heteroatoms. The van der Waals surface area contributed by atoms with E-state index < -0.39 is 17.3 Å². The maximum atomic E-state index is 12.9. The van der Waals surface area contributed by atoms with Gasteiger partial charge in [0.05, 0.1) is 30.9 Å². The molecule has 0 aliphatic rings. The number of hydrogen-bond acceptors (Lipinski definition) is 3. The van der Waals surface area contributed by atoms with Crippen LogP contribution in [0, 0.1) is 11.3 Å². The maximum absolute atomic E-state index is 12.9. The number of ether oxygens (including phenoxy) is 2. The average Bonchev–Trinajstić information content (AvgIpc) is 2.54. The molecule has 0 aliphatic heterocycles. The molecule has 0 amide bonds. The third kappa shape index (κ3) is 4.16. The minimum absolute atomic E-state index is 0.0752. The van der Waals surface area contributed by atoms with Crippen molar-refractivity contribution in [1.29, 1.82) is 5.26 Å². The van der Waals surface area contributed by atoms with Crippen LogP contribution in [0.2, 0.25) is 0 Å². The molecule has 0 heterocycles. The van der Waals surface area contributed by atoms with Crippen molar-refractivity contribution in [3.8, 4) is 17.6 Å². The molecule has 0 fully saturated rings. The number of rotatable bonds is 5. The molecule has 0 bridgehead atoms. The largest absolute Gasteiger partial charge is 0.496 e. The molecular weight excluding hydrogens is 307 g/mol. The van der Waals surface area contributed by atoms with Crippen LogP contribution in [0.4, 0.5) is 13.2 Å². The zero-order chi connectivity index (χ0) is 16.9. The van der Waals surface area contributed by atoms with Crippen LogP contribution in [0.15, 0.2) is 42.5 Å². The smallest absolute Gasteiger partial charge is 0.417 e. The molecule has 2 aromatic carbocycles. The summed E-state index contributed by atoms with van der Waals surface area (Å²) in [6.45, 7) is 0.198. The fourth-order valence-corrected chi connectivity index (χ4v) is 2.13. The molecule has 2 aromatic rings. The van der Waals surface area contributed by atoms with Gasteiger partial charge < -0.3 is 9.47 Å². The van der Waals surface area contributed by atoms with Gasteiger partial charge in [0.1, 0.15) is 11.5 Å². The van der Waals surface area contributed by atoms with Crippen molar-refractivity contribution in [3.63, 3.8) is 0 Å². The minimum Gasteiger partial charge on any atom is -0.496 e. The van der Waals surface area contributed by atoms with Gasteiger partial charge in [-0.3, -0.25) is 0 Å². The summed E-state index contributed by atoms with van der Waals surface area (Å²) in [4.78, 5) is 0. The standard InChI is InChI=1S/C17H14F3NO2/c1-22-16-5-3-2-4-12(16)8-9-23-14-7-6-13(11-21)15(10-14)17(18,19)20/h2-7,10H,8-9H2,1H3. The molecule has 23 heavy (non-hydrogen) atoms. The van der Waals surface area contributed by atoms with Crippen molar-refractivity contribution < 1.29 is 22.6 Å². The van der Waals surface area contributed by atoms with Crippen molar-refractivity contribution in [2.24, 2.45) is 0 Å². The summed E-state index contributed by atoms with van der Waals surface area (Å²) in [5, 5.41) is 8.75. The molecule has 3 nitrogen and oxygen atoms in total. The molecule has 0 aromatic heterocycles. The van der Waals surface area contributed by atoms with E-state index in [0.717, 1.165) is 17.7 Å². The van der Waals surface area contributed by atoms with Crippen LogP contribution in [-0.4, -0.2) is 13.7 Å². The monoisotopic (exact) mass is 321 g/mol. The lowest BCUT2D eigenvalue weighted by molar-refractivity contribution is -0.137. The molecule has 0 radical (unpaired) electrons. The fraction of sp³-hybridized carbons (Fsp3) is 0.235. The highest BCUT2D eigenvalue weighted by molar-refractivity contribution is 5.44. The number of halogens is 3. The van der Waals surface area contributed by atoms with Crippen LogP contribution in [-0.2, 0) is 12.6 Å². The predicted octanol–water partition coefficient (Wildman–Crippen LogP) is 4.21. The SMILES string of the molecule is COc1ccccc1CCOc1ccc(C#N)c(C(F)(F)F)c1. The molecule has 0 spiro atoms. The number of nitriles is 1. The van der Waals surface area contributed by atoms with E-state index in [9.17, 15) is 13.2 Å². The Morgan fingerprint density at radius 2 is 1.87 bits per heavy atom. The van der Waals surface area contributed by atoms with E-state index in [1.54, 1.807) is 13.2 Å². The number of nitrogens with zero attached hydrogens (tertiary/aromatic N) is 1. The number of para-hydroxylation sites is 1. The first kappa shape index (κ1) is 16.7. The van der Waals surface area contributed by atoms with Crippen LogP contribution in [0.5, 0.6) is 11.5 Å². The highest BCUT2D eigenvalue weighted by Crippen LogP contribution is 2.34. The Bertz CT molecular complexity index is 721. The molecule has 0 atom stereocenters. The zero-order valence-corrected chi connectivity index (χ0v) is 12.4. The van der Waals surface area contributed by atoms with Crippen LogP contribution >= 0.6 is 0 Å². The molecule has 0 saturated heterocycles. The van der Waals surface area contributed by atoms with Gasteiger partial charge in [-0.15, -0.1) is 0 Å². The van der Waals surface area contributed by atoms with Crippen molar-refractivity contribution in [2.75, 3.05) is 13.7 Å². The Hall–Kier alpha value is -2.68. The highest BCUT2D eigenvalue weighted by atomic mass is 19.4. The van der Waals surface area contributed by atoms with Crippen molar-refractivity contribution in [1.82, 2.24) is 0 Å². The third-order valence-corrected chi connectivity index (χ3v) is 3.25. The highest BCUT2D eigenvalue weighted by Gasteiger charge is 2.34. The van der Waals surface area contributed by atoms with E-state index in [-0.39, 0.29) is 12.4 Å². The Kier molecular flexibility index (Phi) is 5.12. The van der Waals surface area contributed by atoms with Crippen LogP contribution in [0.25, 0.3) is 0 Å². The Morgan fingerprint density at radius 1 is 1.13 bits per heavy atom. The van der Waals surface area contributed by atoms with Gasteiger partial charge in [-0.25, -0.2) is 0 Å². The predicted molar refractivity (Wildman–Crippen MR) is 78.4 cm³/mol. The van der Waals surface area contributed by atoms with E-state index >= 15 is 0 Å². The second-order valence-corrected chi connectivity index (χ2v) is 4.73. The summed E-state index contributed by atoms with van der Waals surface area (Å²) in [6.07, 6.45) is -4.10. The van der Waals surface area contributed by atoms with Gasteiger partial charge in [0.15, 0.2) is 0 Å². The molecule has 120 valence electrons. The lowest BCUT2D eigenvalue weighted by Gasteiger charge is -2.12. The van der Waals surface area contributed by atoms with Crippen molar-refractivity contribution >= 4 is 0 Å². The second kappa shape index (κ2) is 7.05. The first-order valence-electron chi connectivity index (χ1n) is 6.81. The molecular formula is C17H14F3NO2.